The number of carbonyl (C=O) groups is 1. The molecule has 44 heavy (non-hydrogen) atoms. The van der Waals surface area contributed by atoms with Crippen molar-refractivity contribution in [2.24, 2.45) is 0 Å². The van der Waals surface area contributed by atoms with Crippen LogP contribution in [0.2, 0.25) is 0 Å². The Morgan fingerprint density at radius 1 is 0.909 bits per heavy atom. The average Bonchev–Trinajstić information content (AvgIpc) is 3.48. The van der Waals surface area contributed by atoms with Crippen molar-refractivity contribution in [2.75, 3.05) is 45.9 Å². The summed E-state index contributed by atoms with van der Waals surface area (Å²) in [5, 5.41) is 28.6. The SMILES string of the molecule is CCNC(=O)c1noc(-c2cc(-c3ccc(C)cc3)c(O)cc2O)c1-c1ccc(CN2CCC(N3CCOCC3)CC2)cc1. The third-order valence-electron chi connectivity index (χ3n) is 8.73. The van der Waals surface area contributed by atoms with Crippen LogP contribution in [0.5, 0.6) is 11.5 Å². The number of nitrogens with zero attached hydrogens (tertiary/aromatic N) is 3. The van der Waals surface area contributed by atoms with Gasteiger partial charge < -0.3 is 24.8 Å². The molecule has 0 spiro atoms. The van der Waals surface area contributed by atoms with Crippen LogP contribution in [0.4, 0.5) is 0 Å². The lowest BCUT2D eigenvalue weighted by atomic mass is 9.94. The second kappa shape index (κ2) is 13.2. The first kappa shape index (κ1) is 29.9. The highest BCUT2D eigenvalue weighted by atomic mass is 16.5. The van der Waals surface area contributed by atoms with E-state index in [4.69, 9.17) is 9.26 Å². The molecule has 6 rings (SSSR count). The van der Waals surface area contributed by atoms with Gasteiger partial charge in [0.2, 0.25) is 0 Å². The van der Waals surface area contributed by atoms with Crippen molar-refractivity contribution in [2.45, 2.75) is 39.3 Å². The van der Waals surface area contributed by atoms with Crippen LogP contribution < -0.4 is 5.32 Å². The van der Waals surface area contributed by atoms with Crippen molar-refractivity contribution in [3.05, 3.63) is 77.5 Å². The van der Waals surface area contributed by atoms with Crippen LogP contribution in [0, 0.1) is 6.92 Å². The fourth-order valence-corrected chi connectivity index (χ4v) is 6.28. The summed E-state index contributed by atoms with van der Waals surface area (Å²) in [5.74, 6) is -0.328. The van der Waals surface area contributed by atoms with Crippen LogP contribution in [0.3, 0.4) is 0 Å². The van der Waals surface area contributed by atoms with Crippen LogP contribution in [0.1, 0.15) is 41.4 Å². The maximum atomic E-state index is 13.1. The van der Waals surface area contributed by atoms with Crippen LogP contribution in [0.15, 0.2) is 65.2 Å². The van der Waals surface area contributed by atoms with E-state index in [9.17, 15) is 15.0 Å². The summed E-state index contributed by atoms with van der Waals surface area (Å²) in [4.78, 5) is 18.1. The Labute approximate surface area is 258 Å². The van der Waals surface area contributed by atoms with Crippen molar-refractivity contribution in [3.63, 3.8) is 0 Å². The number of rotatable bonds is 8. The first-order chi connectivity index (χ1) is 21.4. The number of ether oxygens (including phenoxy) is 1. The molecule has 0 atom stereocenters. The van der Waals surface area contributed by atoms with Gasteiger partial charge in [-0.05, 0) is 62.5 Å². The summed E-state index contributed by atoms with van der Waals surface area (Å²) in [6, 6.07) is 19.5. The van der Waals surface area contributed by atoms with Gasteiger partial charge in [0.05, 0.1) is 24.3 Å². The van der Waals surface area contributed by atoms with Gasteiger partial charge in [-0.1, -0.05) is 59.3 Å². The number of carbonyl (C=O) groups excluding carboxylic acids is 1. The van der Waals surface area contributed by atoms with Crippen molar-refractivity contribution >= 4 is 5.91 Å². The van der Waals surface area contributed by atoms with Crippen molar-refractivity contribution in [3.8, 4) is 45.1 Å². The molecule has 0 saturated carbocycles. The predicted molar refractivity (Wildman–Crippen MR) is 170 cm³/mol. The zero-order valence-corrected chi connectivity index (χ0v) is 25.4. The number of phenols is 2. The van der Waals surface area contributed by atoms with Crippen LogP contribution in [0.25, 0.3) is 33.6 Å². The molecule has 0 radical (unpaired) electrons. The lowest BCUT2D eigenvalue weighted by Gasteiger charge is -2.40. The number of likely N-dealkylation sites (tertiary alicyclic amines) is 1. The number of piperidine rings is 1. The highest BCUT2D eigenvalue weighted by molar-refractivity contribution is 6.03. The second-order valence-corrected chi connectivity index (χ2v) is 11.7. The molecule has 4 aromatic rings. The van der Waals surface area contributed by atoms with Gasteiger partial charge >= 0.3 is 0 Å². The van der Waals surface area contributed by atoms with E-state index in [0.29, 0.717) is 29.3 Å². The number of phenolic OH excluding ortho intramolecular Hbond substituents is 2. The van der Waals surface area contributed by atoms with Gasteiger partial charge in [-0.2, -0.15) is 0 Å². The van der Waals surface area contributed by atoms with E-state index in [1.54, 1.807) is 6.07 Å². The normalized spacial score (nSPS) is 16.7. The standard InChI is InChI=1S/C35H40N4O5/c1-3-36-35(42)33-32(34(44-37-33)29-20-28(30(40)21-31(29)41)25-8-4-23(2)5-9-25)26-10-6-24(7-11-26)22-38-14-12-27(13-15-38)39-16-18-43-19-17-39/h4-11,20-21,27,40-41H,3,12-19,22H2,1-2H3,(H,36,42). The number of hydrogen-bond donors (Lipinski definition) is 3. The second-order valence-electron chi connectivity index (χ2n) is 11.7. The quantitative estimate of drug-likeness (QED) is 0.247. The fraction of sp³-hybridized carbons (Fsp3) is 0.371. The Kier molecular flexibility index (Phi) is 8.97. The number of aromatic hydroxyl groups is 2. The van der Waals surface area contributed by atoms with Gasteiger partial charge in [-0.15, -0.1) is 0 Å². The van der Waals surface area contributed by atoms with Gasteiger partial charge in [0, 0.05) is 43.9 Å². The molecule has 0 unspecified atom stereocenters. The summed E-state index contributed by atoms with van der Waals surface area (Å²) in [6.45, 7) is 11.0. The zero-order chi connectivity index (χ0) is 30.6. The van der Waals surface area contributed by atoms with Crippen molar-refractivity contribution < 1.29 is 24.3 Å². The topological polar surface area (TPSA) is 111 Å². The smallest absolute Gasteiger partial charge is 0.274 e. The number of benzene rings is 3. The fourth-order valence-electron chi connectivity index (χ4n) is 6.28. The van der Waals surface area contributed by atoms with Gasteiger partial charge in [-0.25, -0.2) is 0 Å². The van der Waals surface area contributed by atoms with Crippen LogP contribution in [-0.4, -0.2) is 83.1 Å². The van der Waals surface area contributed by atoms with Crippen LogP contribution in [-0.2, 0) is 11.3 Å². The number of aryl methyl sites for hydroxylation is 1. The van der Waals surface area contributed by atoms with E-state index in [1.807, 2.05) is 50.2 Å². The van der Waals surface area contributed by atoms with E-state index in [-0.39, 0.29) is 28.9 Å². The molecule has 2 aliphatic heterocycles. The van der Waals surface area contributed by atoms with Gasteiger partial charge in [0.1, 0.15) is 11.5 Å². The largest absolute Gasteiger partial charge is 0.507 e. The Morgan fingerprint density at radius 2 is 1.57 bits per heavy atom. The third kappa shape index (κ3) is 6.36. The van der Waals surface area contributed by atoms with Crippen molar-refractivity contribution in [1.29, 1.82) is 0 Å². The summed E-state index contributed by atoms with van der Waals surface area (Å²) >= 11 is 0. The van der Waals surface area contributed by atoms with E-state index in [2.05, 4.69) is 32.4 Å². The predicted octanol–water partition coefficient (Wildman–Crippen LogP) is 5.44. The minimum Gasteiger partial charge on any atom is -0.507 e. The highest BCUT2D eigenvalue weighted by Gasteiger charge is 2.28. The minimum absolute atomic E-state index is 0.0570. The lowest BCUT2D eigenvalue weighted by Crippen LogP contribution is -2.48. The Hall–Kier alpha value is -4.18. The molecule has 1 amide bonds. The Balaban J connectivity index is 1.27. The number of morpholine rings is 1. The highest BCUT2D eigenvalue weighted by Crippen LogP contribution is 2.44. The molecule has 1 aromatic heterocycles. The average molecular weight is 597 g/mol. The Morgan fingerprint density at radius 3 is 2.25 bits per heavy atom. The molecule has 3 heterocycles. The minimum atomic E-state index is -0.359. The van der Waals surface area contributed by atoms with E-state index < -0.39 is 0 Å². The molecular weight excluding hydrogens is 556 g/mol. The van der Waals surface area contributed by atoms with E-state index >= 15 is 0 Å². The molecule has 230 valence electrons. The number of aromatic nitrogens is 1. The van der Waals surface area contributed by atoms with Gasteiger partial charge in [-0.3, -0.25) is 14.6 Å². The Bertz CT molecular complexity index is 1580. The molecule has 0 aliphatic carbocycles. The summed E-state index contributed by atoms with van der Waals surface area (Å²) < 4.78 is 11.3. The number of nitrogens with one attached hydrogen (secondary N) is 1. The monoisotopic (exact) mass is 596 g/mol. The van der Waals surface area contributed by atoms with Gasteiger partial charge in [0.15, 0.2) is 11.5 Å². The van der Waals surface area contributed by atoms with Gasteiger partial charge in [0.25, 0.3) is 5.91 Å². The molecule has 3 aromatic carbocycles. The van der Waals surface area contributed by atoms with Crippen LogP contribution >= 0.6 is 0 Å². The van der Waals surface area contributed by atoms with Crippen molar-refractivity contribution in [1.82, 2.24) is 20.3 Å². The summed E-state index contributed by atoms with van der Waals surface area (Å²) in [7, 11) is 0. The summed E-state index contributed by atoms with van der Waals surface area (Å²) in [6.07, 6.45) is 2.33. The lowest BCUT2D eigenvalue weighted by molar-refractivity contribution is 0.000231. The molecule has 9 heteroatoms. The number of amides is 1. The van der Waals surface area contributed by atoms with E-state index in [1.165, 1.54) is 24.5 Å². The zero-order valence-electron chi connectivity index (χ0n) is 25.4. The first-order valence-corrected chi connectivity index (χ1v) is 15.5. The van der Waals surface area contributed by atoms with E-state index in [0.717, 1.165) is 62.6 Å². The number of hydrogen-bond acceptors (Lipinski definition) is 8. The maximum Gasteiger partial charge on any atom is 0.274 e. The molecule has 2 fully saturated rings. The molecule has 2 saturated heterocycles. The molecule has 9 nitrogen and oxygen atoms in total. The molecule has 3 N–H and O–H groups in total. The maximum absolute atomic E-state index is 13.1. The summed E-state index contributed by atoms with van der Waals surface area (Å²) in [5.41, 5.74) is 5.33. The molecule has 0 bridgehead atoms. The first-order valence-electron chi connectivity index (χ1n) is 15.5. The molecular formula is C35H40N4O5. The molecule has 2 aliphatic rings. The third-order valence-corrected chi connectivity index (χ3v) is 8.73.